The van der Waals surface area contributed by atoms with Crippen LogP contribution in [0, 0.1) is 0 Å². The van der Waals surface area contributed by atoms with Gasteiger partial charge in [0.2, 0.25) is 0 Å². The molecule has 0 nitrogen and oxygen atoms in total. The molecule has 0 amide bonds. The average Bonchev–Trinajstić information content (AvgIpc) is 1.88. The van der Waals surface area contributed by atoms with Crippen molar-refractivity contribution in [3.63, 3.8) is 0 Å². The number of benzene rings is 1. The summed E-state index contributed by atoms with van der Waals surface area (Å²) in [6.45, 7) is 0. The highest BCUT2D eigenvalue weighted by molar-refractivity contribution is 5.40. The van der Waals surface area contributed by atoms with Crippen molar-refractivity contribution in [2.24, 2.45) is 0 Å². The van der Waals surface area contributed by atoms with Gasteiger partial charge in [-0.05, 0) is 17.5 Å². The molecule has 2 rings (SSSR count). The van der Waals surface area contributed by atoms with Gasteiger partial charge in [0, 0.05) is 0 Å². The van der Waals surface area contributed by atoms with Crippen LogP contribution in [0.15, 0.2) is 24.3 Å². The van der Waals surface area contributed by atoms with Gasteiger partial charge in [-0.25, -0.2) is 0 Å². The van der Waals surface area contributed by atoms with E-state index < -0.39 is 12.1 Å². The van der Waals surface area contributed by atoms with Crippen molar-refractivity contribution in [3.8, 4) is 0 Å². The van der Waals surface area contributed by atoms with Gasteiger partial charge in [0.15, 0.2) is 0 Å². The number of rotatable bonds is 0. The summed E-state index contributed by atoms with van der Waals surface area (Å²) in [6, 6.07) is 6.72. The maximum atomic E-state index is 12.2. The molecule has 0 saturated carbocycles. The molecule has 1 unspecified atom stereocenters. The average molecular weight is 172 g/mol. The maximum absolute atomic E-state index is 12.2. The van der Waals surface area contributed by atoms with Gasteiger partial charge in [-0.1, -0.05) is 24.3 Å². The molecule has 1 aromatic carbocycles. The Balaban J connectivity index is 2.31. The Morgan fingerprint density at radius 1 is 1.17 bits per heavy atom. The summed E-state index contributed by atoms with van der Waals surface area (Å²) >= 11 is 0. The van der Waals surface area contributed by atoms with Crippen LogP contribution in [0.1, 0.15) is 17.0 Å². The monoisotopic (exact) mass is 172 g/mol. The Labute approximate surface area is 68.0 Å². The van der Waals surface area contributed by atoms with Crippen LogP contribution < -0.4 is 0 Å². The molecule has 0 spiro atoms. The number of halogens is 3. The molecule has 0 bridgehead atoms. The van der Waals surface area contributed by atoms with E-state index in [0.29, 0.717) is 5.56 Å². The zero-order valence-corrected chi connectivity index (χ0v) is 6.23. The van der Waals surface area contributed by atoms with Crippen LogP contribution in [0.2, 0.25) is 0 Å². The summed E-state index contributed by atoms with van der Waals surface area (Å²) in [5, 5.41) is 0. The molecule has 1 aliphatic rings. The van der Waals surface area contributed by atoms with E-state index in [1.54, 1.807) is 24.3 Å². The third kappa shape index (κ3) is 1.00. The quantitative estimate of drug-likeness (QED) is 0.564. The predicted molar refractivity (Wildman–Crippen MR) is 38.9 cm³/mol. The fraction of sp³-hybridized carbons (Fsp3) is 0.333. The van der Waals surface area contributed by atoms with Gasteiger partial charge in [-0.2, -0.15) is 13.2 Å². The normalized spacial score (nSPS) is 21.4. The lowest BCUT2D eigenvalue weighted by Crippen LogP contribution is -2.30. The maximum Gasteiger partial charge on any atom is 0.396 e. The molecule has 0 fully saturated rings. The van der Waals surface area contributed by atoms with Crippen molar-refractivity contribution >= 4 is 0 Å². The summed E-state index contributed by atoms with van der Waals surface area (Å²) < 4.78 is 36.5. The fourth-order valence-corrected chi connectivity index (χ4v) is 1.55. The molecular weight excluding hydrogens is 165 g/mol. The highest BCUT2D eigenvalue weighted by Crippen LogP contribution is 2.45. The van der Waals surface area contributed by atoms with Crippen molar-refractivity contribution in [1.82, 2.24) is 0 Å². The van der Waals surface area contributed by atoms with Gasteiger partial charge in [-0.15, -0.1) is 0 Å². The SMILES string of the molecule is FC(F)(F)C1Cc2ccccc21. The Morgan fingerprint density at radius 2 is 1.83 bits per heavy atom. The van der Waals surface area contributed by atoms with Crippen LogP contribution in [0.3, 0.4) is 0 Å². The second kappa shape index (κ2) is 2.25. The fourth-order valence-electron chi connectivity index (χ4n) is 1.55. The van der Waals surface area contributed by atoms with Crippen molar-refractivity contribution in [2.75, 3.05) is 0 Å². The number of hydrogen-bond donors (Lipinski definition) is 0. The molecule has 1 aromatic rings. The third-order valence-corrected chi connectivity index (χ3v) is 2.25. The van der Waals surface area contributed by atoms with Gasteiger partial charge in [0.25, 0.3) is 0 Å². The van der Waals surface area contributed by atoms with Crippen molar-refractivity contribution < 1.29 is 13.2 Å². The van der Waals surface area contributed by atoms with Crippen molar-refractivity contribution in [2.45, 2.75) is 18.5 Å². The van der Waals surface area contributed by atoms with E-state index in [2.05, 4.69) is 0 Å². The summed E-state index contributed by atoms with van der Waals surface area (Å²) in [4.78, 5) is 0. The van der Waals surface area contributed by atoms with Crippen molar-refractivity contribution in [1.29, 1.82) is 0 Å². The zero-order valence-electron chi connectivity index (χ0n) is 6.23. The van der Waals surface area contributed by atoms with E-state index in [4.69, 9.17) is 0 Å². The standard InChI is InChI=1S/C9H7F3/c10-9(11,12)8-5-6-3-1-2-4-7(6)8/h1-4,8H,5H2. The largest absolute Gasteiger partial charge is 0.396 e. The first-order valence-electron chi connectivity index (χ1n) is 3.73. The lowest BCUT2D eigenvalue weighted by Gasteiger charge is -2.31. The molecule has 0 radical (unpaired) electrons. The summed E-state index contributed by atoms with van der Waals surface area (Å²) in [7, 11) is 0. The molecule has 1 atom stereocenters. The number of hydrogen-bond acceptors (Lipinski definition) is 0. The number of alkyl halides is 3. The minimum absolute atomic E-state index is 0.152. The summed E-state index contributed by atoms with van der Waals surface area (Å²) in [5.41, 5.74) is 1.28. The second-order valence-electron chi connectivity index (χ2n) is 3.00. The van der Waals surface area contributed by atoms with Gasteiger partial charge in [0.05, 0.1) is 5.92 Å². The first-order chi connectivity index (χ1) is 5.59. The minimum Gasteiger partial charge on any atom is -0.170 e. The van der Waals surface area contributed by atoms with Gasteiger partial charge in [-0.3, -0.25) is 0 Å². The van der Waals surface area contributed by atoms with E-state index in [1.807, 2.05) is 0 Å². The first kappa shape index (κ1) is 7.65. The van der Waals surface area contributed by atoms with Crippen molar-refractivity contribution in [3.05, 3.63) is 35.4 Å². The van der Waals surface area contributed by atoms with E-state index in [0.717, 1.165) is 5.56 Å². The molecule has 1 aliphatic carbocycles. The van der Waals surface area contributed by atoms with Crippen LogP contribution >= 0.6 is 0 Å². The molecule has 64 valence electrons. The summed E-state index contributed by atoms with van der Waals surface area (Å²) in [6.07, 6.45) is -3.91. The first-order valence-corrected chi connectivity index (χ1v) is 3.73. The van der Waals surface area contributed by atoms with Gasteiger partial charge >= 0.3 is 6.18 Å². The highest BCUT2D eigenvalue weighted by Gasteiger charge is 2.46. The van der Waals surface area contributed by atoms with Crippen LogP contribution in [0.5, 0.6) is 0 Å². The van der Waals surface area contributed by atoms with Crippen LogP contribution in [-0.2, 0) is 6.42 Å². The third-order valence-electron chi connectivity index (χ3n) is 2.25. The van der Waals surface area contributed by atoms with Crippen LogP contribution in [0.4, 0.5) is 13.2 Å². The van der Waals surface area contributed by atoms with E-state index in [1.165, 1.54) is 0 Å². The van der Waals surface area contributed by atoms with Crippen LogP contribution in [-0.4, -0.2) is 6.18 Å². The van der Waals surface area contributed by atoms with E-state index in [9.17, 15) is 13.2 Å². The Morgan fingerprint density at radius 3 is 2.42 bits per heavy atom. The van der Waals surface area contributed by atoms with E-state index >= 15 is 0 Å². The molecule has 0 heterocycles. The highest BCUT2D eigenvalue weighted by atomic mass is 19.4. The summed E-state index contributed by atoms with van der Waals surface area (Å²) in [5.74, 6) is -1.21. The smallest absolute Gasteiger partial charge is 0.170 e. The molecule has 0 aliphatic heterocycles. The number of fused-ring (bicyclic) bond motifs is 1. The lowest BCUT2D eigenvalue weighted by molar-refractivity contribution is -0.155. The Bertz CT molecular complexity index is 301. The lowest BCUT2D eigenvalue weighted by atomic mass is 9.77. The molecule has 3 heteroatoms. The zero-order chi connectivity index (χ0) is 8.77. The molecular formula is C9H7F3. The van der Waals surface area contributed by atoms with Gasteiger partial charge in [0.1, 0.15) is 0 Å². The van der Waals surface area contributed by atoms with Gasteiger partial charge < -0.3 is 0 Å². The van der Waals surface area contributed by atoms with E-state index in [-0.39, 0.29) is 6.42 Å². The molecule has 0 saturated heterocycles. The Hall–Kier alpha value is -0.990. The predicted octanol–water partition coefficient (Wildman–Crippen LogP) is 2.89. The topological polar surface area (TPSA) is 0 Å². The second-order valence-corrected chi connectivity index (χ2v) is 3.00. The van der Waals surface area contributed by atoms with Crippen LogP contribution in [0.25, 0.3) is 0 Å². The molecule has 12 heavy (non-hydrogen) atoms. The minimum atomic E-state index is -4.06. The Kier molecular flexibility index (Phi) is 1.43. The molecule has 0 aromatic heterocycles. The molecule has 0 N–H and O–H groups in total.